The van der Waals surface area contributed by atoms with Crippen molar-refractivity contribution in [1.29, 1.82) is 0 Å². The minimum absolute atomic E-state index is 0.0703. The van der Waals surface area contributed by atoms with E-state index < -0.39 is 5.92 Å². The maximum absolute atomic E-state index is 13.9. The molecule has 1 saturated carbocycles. The monoisotopic (exact) mass is 271 g/mol. The van der Waals surface area contributed by atoms with Crippen molar-refractivity contribution < 1.29 is 13.2 Å². The molecule has 1 unspecified atom stereocenters. The summed E-state index contributed by atoms with van der Waals surface area (Å²) in [7, 11) is 1.76. The van der Waals surface area contributed by atoms with E-state index in [0.717, 1.165) is 5.56 Å². The predicted octanol–water partition coefficient (Wildman–Crippen LogP) is 4.22. The normalized spacial score (nSPS) is 21.3. The third-order valence-electron chi connectivity index (χ3n) is 4.03. The van der Waals surface area contributed by atoms with Crippen LogP contribution in [0.3, 0.4) is 0 Å². The van der Waals surface area contributed by atoms with E-state index in [1.54, 1.807) is 13.1 Å². The Labute approximate surface area is 112 Å². The van der Waals surface area contributed by atoms with Gasteiger partial charge in [0.1, 0.15) is 5.82 Å². The van der Waals surface area contributed by atoms with E-state index in [-0.39, 0.29) is 30.6 Å². The highest BCUT2D eigenvalue weighted by Crippen LogP contribution is 2.41. The fourth-order valence-corrected chi connectivity index (χ4v) is 2.94. The molecule has 0 aromatic heterocycles. The zero-order chi connectivity index (χ0) is 14.0. The highest BCUT2D eigenvalue weighted by molar-refractivity contribution is 5.27. The summed E-state index contributed by atoms with van der Waals surface area (Å²) in [6.07, 6.45) is 0.685. The lowest BCUT2D eigenvalue weighted by molar-refractivity contribution is -0.0496. The SMILES string of the molecule is CNC(c1cc(C)ccc1F)C1CCC(F)(F)CC1. The Bertz CT molecular complexity index is 435. The maximum Gasteiger partial charge on any atom is 0.248 e. The molecular formula is C15H20F3N. The van der Waals surface area contributed by atoms with Crippen molar-refractivity contribution in [2.45, 2.75) is 44.6 Å². The summed E-state index contributed by atoms with van der Waals surface area (Å²) in [5.74, 6) is -2.73. The molecule has 0 saturated heterocycles. The molecule has 1 aliphatic carbocycles. The van der Waals surface area contributed by atoms with Gasteiger partial charge in [0.25, 0.3) is 0 Å². The van der Waals surface area contributed by atoms with E-state index in [9.17, 15) is 13.2 Å². The molecule has 19 heavy (non-hydrogen) atoms. The topological polar surface area (TPSA) is 12.0 Å². The molecule has 1 N–H and O–H groups in total. The molecule has 2 rings (SSSR count). The van der Waals surface area contributed by atoms with Gasteiger partial charge in [0.05, 0.1) is 0 Å². The van der Waals surface area contributed by atoms with E-state index in [0.29, 0.717) is 18.4 Å². The van der Waals surface area contributed by atoms with Crippen molar-refractivity contribution in [2.75, 3.05) is 7.05 Å². The van der Waals surface area contributed by atoms with Crippen LogP contribution in [0, 0.1) is 18.7 Å². The Morgan fingerprint density at radius 2 is 1.89 bits per heavy atom. The molecule has 0 radical (unpaired) electrons. The van der Waals surface area contributed by atoms with E-state index in [4.69, 9.17) is 0 Å². The molecule has 4 heteroatoms. The van der Waals surface area contributed by atoms with E-state index in [1.807, 2.05) is 13.0 Å². The Morgan fingerprint density at radius 3 is 2.47 bits per heavy atom. The first-order valence-electron chi connectivity index (χ1n) is 6.74. The summed E-state index contributed by atoms with van der Waals surface area (Å²) >= 11 is 0. The molecular weight excluding hydrogens is 251 g/mol. The fraction of sp³-hybridized carbons (Fsp3) is 0.600. The lowest BCUT2D eigenvalue weighted by Crippen LogP contribution is -2.33. The summed E-state index contributed by atoms with van der Waals surface area (Å²) in [4.78, 5) is 0. The van der Waals surface area contributed by atoms with Crippen LogP contribution in [-0.4, -0.2) is 13.0 Å². The average molecular weight is 271 g/mol. The minimum Gasteiger partial charge on any atom is -0.313 e. The molecule has 0 amide bonds. The fourth-order valence-electron chi connectivity index (χ4n) is 2.94. The van der Waals surface area contributed by atoms with Gasteiger partial charge in [-0.05, 0) is 38.8 Å². The molecule has 1 atom stereocenters. The largest absolute Gasteiger partial charge is 0.313 e. The zero-order valence-corrected chi connectivity index (χ0v) is 11.3. The molecule has 0 spiro atoms. The second-order valence-electron chi connectivity index (χ2n) is 5.48. The molecule has 106 valence electrons. The Hall–Kier alpha value is -1.03. The Morgan fingerprint density at radius 1 is 1.26 bits per heavy atom. The number of aryl methyl sites for hydroxylation is 1. The maximum atomic E-state index is 13.9. The van der Waals surface area contributed by atoms with Gasteiger partial charge in [-0.15, -0.1) is 0 Å². The van der Waals surface area contributed by atoms with Crippen LogP contribution in [0.2, 0.25) is 0 Å². The van der Waals surface area contributed by atoms with Gasteiger partial charge in [0.15, 0.2) is 0 Å². The zero-order valence-electron chi connectivity index (χ0n) is 11.3. The number of benzene rings is 1. The van der Waals surface area contributed by atoms with Crippen LogP contribution in [-0.2, 0) is 0 Å². The molecule has 0 heterocycles. The van der Waals surface area contributed by atoms with Crippen molar-refractivity contribution in [3.8, 4) is 0 Å². The van der Waals surface area contributed by atoms with Gasteiger partial charge >= 0.3 is 0 Å². The second-order valence-corrected chi connectivity index (χ2v) is 5.48. The van der Waals surface area contributed by atoms with Crippen molar-refractivity contribution in [3.05, 3.63) is 35.1 Å². The van der Waals surface area contributed by atoms with Crippen molar-refractivity contribution >= 4 is 0 Å². The number of rotatable bonds is 3. The first-order valence-corrected chi connectivity index (χ1v) is 6.74. The molecule has 1 aromatic rings. The number of alkyl halides is 2. The molecule has 1 fully saturated rings. The number of halogens is 3. The van der Waals surface area contributed by atoms with Crippen molar-refractivity contribution in [3.63, 3.8) is 0 Å². The molecule has 0 bridgehead atoms. The summed E-state index contributed by atoms with van der Waals surface area (Å²) in [6.45, 7) is 1.91. The Kier molecular flexibility index (Phi) is 4.19. The van der Waals surface area contributed by atoms with Crippen LogP contribution in [0.1, 0.15) is 42.9 Å². The summed E-state index contributed by atoms with van der Waals surface area (Å²) in [5, 5.41) is 3.10. The van der Waals surface area contributed by atoms with E-state index in [1.165, 1.54) is 6.07 Å². The molecule has 1 aromatic carbocycles. The van der Waals surface area contributed by atoms with E-state index in [2.05, 4.69) is 5.32 Å². The van der Waals surface area contributed by atoms with Gasteiger partial charge in [0, 0.05) is 24.4 Å². The number of nitrogens with one attached hydrogen (secondary N) is 1. The first kappa shape index (κ1) is 14.4. The minimum atomic E-state index is -2.54. The molecule has 1 nitrogen and oxygen atoms in total. The van der Waals surface area contributed by atoms with Gasteiger partial charge in [-0.3, -0.25) is 0 Å². The lowest BCUT2D eigenvalue weighted by Gasteiger charge is -2.34. The number of hydrogen-bond donors (Lipinski definition) is 1. The van der Waals surface area contributed by atoms with Crippen LogP contribution < -0.4 is 5.32 Å². The quantitative estimate of drug-likeness (QED) is 0.868. The van der Waals surface area contributed by atoms with Crippen molar-refractivity contribution in [2.24, 2.45) is 5.92 Å². The second kappa shape index (κ2) is 5.53. The summed E-state index contributed by atoms with van der Waals surface area (Å²) in [6, 6.07) is 4.80. The molecule has 1 aliphatic rings. The Balaban J connectivity index is 2.18. The van der Waals surface area contributed by atoms with Crippen molar-refractivity contribution in [1.82, 2.24) is 5.32 Å². The third-order valence-corrected chi connectivity index (χ3v) is 4.03. The predicted molar refractivity (Wildman–Crippen MR) is 69.8 cm³/mol. The number of hydrogen-bond acceptors (Lipinski definition) is 1. The van der Waals surface area contributed by atoms with E-state index >= 15 is 0 Å². The van der Waals surface area contributed by atoms with Gasteiger partial charge in [-0.25, -0.2) is 13.2 Å². The summed E-state index contributed by atoms with van der Waals surface area (Å²) < 4.78 is 40.3. The van der Waals surface area contributed by atoms with Gasteiger partial charge in [-0.2, -0.15) is 0 Å². The smallest absolute Gasteiger partial charge is 0.248 e. The average Bonchev–Trinajstić information content (AvgIpc) is 2.36. The lowest BCUT2D eigenvalue weighted by atomic mass is 9.79. The van der Waals surface area contributed by atoms with Crippen LogP contribution in [0.15, 0.2) is 18.2 Å². The van der Waals surface area contributed by atoms with Crippen LogP contribution in [0.4, 0.5) is 13.2 Å². The van der Waals surface area contributed by atoms with Gasteiger partial charge < -0.3 is 5.32 Å². The molecule has 0 aliphatic heterocycles. The van der Waals surface area contributed by atoms with Gasteiger partial charge in [-0.1, -0.05) is 17.7 Å². The first-order chi connectivity index (χ1) is 8.93. The summed E-state index contributed by atoms with van der Waals surface area (Å²) in [5.41, 5.74) is 1.58. The van der Waals surface area contributed by atoms with Gasteiger partial charge in [0.2, 0.25) is 5.92 Å². The van der Waals surface area contributed by atoms with Crippen LogP contribution in [0.25, 0.3) is 0 Å². The standard InChI is InChI=1S/C15H20F3N/c1-10-3-4-13(16)12(9-10)14(19-2)11-5-7-15(17,18)8-6-11/h3-4,9,11,14,19H,5-8H2,1-2H3. The third kappa shape index (κ3) is 3.30. The highest BCUT2D eigenvalue weighted by Gasteiger charge is 2.38. The highest BCUT2D eigenvalue weighted by atomic mass is 19.3. The van der Waals surface area contributed by atoms with Crippen LogP contribution in [0.5, 0.6) is 0 Å². The van der Waals surface area contributed by atoms with Crippen LogP contribution >= 0.6 is 0 Å².